The number of rotatable bonds is 21. The van der Waals surface area contributed by atoms with Gasteiger partial charge in [-0.05, 0) is 14.1 Å². The Morgan fingerprint density at radius 3 is 0.861 bits per heavy atom. The molecule has 0 radical (unpaired) electrons. The lowest BCUT2D eigenvalue weighted by Crippen LogP contribution is -2.40. The Kier molecular flexibility index (Phi) is 19.5. The van der Waals surface area contributed by atoms with Crippen molar-refractivity contribution in [3.63, 3.8) is 0 Å². The Labute approximate surface area is 215 Å². The first kappa shape index (κ1) is 33.7. The molecule has 0 fully saturated rings. The lowest BCUT2D eigenvalue weighted by Gasteiger charge is -2.28. The van der Waals surface area contributed by atoms with Gasteiger partial charge in [0.1, 0.15) is 0 Å². The number of likely N-dealkylation sites (N-methyl/N-ethyl adjacent to an activating group) is 2. The molecule has 0 saturated carbocycles. The summed E-state index contributed by atoms with van der Waals surface area (Å²) in [5.74, 6) is -1.11. The molecule has 0 aromatic heterocycles. The van der Waals surface area contributed by atoms with Gasteiger partial charge >= 0.3 is 23.9 Å². The number of hydrogen-bond donors (Lipinski definition) is 0. The number of carbonyl (C=O) groups is 4. The van der Waals surface area contributed by atoms with Gasteiger partial charge in [0, 0.05) is 65.4 Å². The highest BCUT2D eigenvalue weighted by Gasteiger charge is 2.14. The predicted molar refractivity (Wildman–Crippen MR) is 134 cm³/mol. The van der Waals surface area contributed by atoms with Crippen molar-refractivity contribution >= 4 is 23.9 Å². The summed E-state index contributed by atoms with van der Waals surface area (Å²) in [7, 11) is 9.52. The molecule has 36 heavy (non-hydrogen) atoms. The first-order valence-electron chi connectivity index (χ1n) is 12.2. The zero-order chi connectivity index (χ0) is 27.3. The van der Waals surface area contributed by atoms with Gasteiger partial charge in [-0.3, -0.25) is 19.2 Å². The van der Waals surface area contributed by atoms with Crippen LogP contribution >= 0.6 is 0 Å². The van der Waals surface area contributed by atoms with Crippen molar-refractivity contribution in [1.82, 2.24) is 19.6 Å². The molecule has 0 rings (SSSR count). The molecule has 210 valence electrons. The Hall–Kier alpha value is -2.28. The second-order valence-corrected chi connectivity index (χ2v) is 8.59. The minimum atomic E-state index is -0.278. The molecule has 0 N–H and O–H groups in total. The van der Waals surface area contributed by atoms with Crippen molar-refractivity contribution < 1.29 is 38.1 Å². The first-order chi connectivity index (χ1) is 17.1. The fourth-order valence-electron chi connectivity index (χ4n) is 3.27. The second kappa shape index (κ2) is 20.9. The van der Waals surface area contributed by atoms with Gasteiger partial charge in [0.2, 0.25) is 0 Å². The Bertz CT molecular complexity index is 556. The van der Waals surface area contributed by atoms with E-state index in [0.717, 1.165) is 26.2 Å². The first-order valence-corrected chi connectivity index (χ1v) is 12.2. The van der Waals surface area contributed by atoms with E-state index in [1.165, 1.54) is 28.4 Å². The molecular weight excluding hydrogens is 472 g/mol. The Morgan fingerprint density at radius 1 is 0.417 bits per heavy atom. The molecule has 0 aliphatic rings. The molecule has 0 aliphatic heterocycles. The maximum atomic E-state index is 11.5. The van der Waals surface area contributed by atoms with Crippen LogP contribution in [0.15, 0.2) is 0 Å². The van der Waals surface area contributed by atoms with E-state index in [1.807, 2.05) is 14.1 Å². The highest BCUT2D eigenvalue weighted by Crippen LogP contribution is 2.01. The lowest BCUT2D eigenvalue weighted by atomic mass is 10.3. The lowest BCUT2D eigenvalue weighted by molar-refractivity contribution is -0.142. The summed E-state index contributed by atoms with van der Waals surface area (Å²) in [6.45, 7) is 6.72. The highest BCUT2D eigenvalue weighted by molar-refractivity contribution is 5.70. The number of esters is 4. The number of ether oxygens (including phenoxy) is 4. The summed E-state index contributed by atoms with van der Waals surface area (Å²) in [6, 6.07) is 0. The smallest absolute Gasteiger partial charge is 0.306 e. The fraction of sp³-hybridized carbons (Fsp3) is 0.833. The molecule has 0 heterocycles. The van der Waals surface area contributed by atoms with Crippen LogP contribution in [0.3, 0.4) is 0 Å². The average Bonchev–Trinajstić information content (AvgIpc) is 2.89. The maximum Gasteiger partial charge on any atom is 0.306 e. The third kappa shape index (κ3) is 18.1. The second-order valence-electron chi connectivity index (χ2n) is 8.59. The summed E-state index contributed by atoms with van der Waals surface area (Å²) in [5.41, 5.74) is 0. The van der Waals surface area contributed by atoms with Crippen molar-refractivity contribution in [3.05, 3.63) is 0 Å². The van der Waals surface area contributed by atoms with Crippen LogP contribution in [0.25, 0.3) is 0 Å². The van der Waals surface area contributed by atoms with E-state index in [0.29, 0.717) is 39.3 Å². The van der Waals surface area contributed by atoms with Crippen LogP contribution in [0.4, 0.5) is 0 Å². The quantitative estimate of drug-likeness (QED) is 0.147. The van der Waals surface area contributed by atoms with Gasteiger partial charge in [-0.2, -0.15) is 0 Å². The fourth-order valence-corrected chi connectivity index (χ4v) is 3.27. The van der Waals surface area contributed by atoms with E-state index in [1.54, 1.807) is 0 Å². The van der Waals surface area contributed by atoms with Gasteiger partial charge < -0.3 is 38.5 Å². The molecule has 0 unspecified atom stereocenters. The zero-order valence-electron chi connectivity index (χ0n) is 23.0. The summed E-state index contributed by atoms with van der Waals surface area (Å²) < 4.78 is 18.9. The minimum absolute atomic E-state index is 0.270. The van der Waals surface area contributed by atoms with Crippen LogP contribution in [-0.4, -0.2) is 151 Å². The highest BCUT2D eigenvalue weighted by atomic mass is 16.5. The van der Waals surface area contributed by atoms with Crippen LogP contribution in [0.2, 0.25) is 0 Å². The van der Waals surface area contributed by atoms with Gasteiger partial charge in [0.05, 0.1) is 54.1 Å². The Balaban J connectivity index is 4.51. The van der Waals surface area contributed by atoms with Gasteiger partial charge in [-0.25, -0.2) is 0 Å². The standard InChI is InChI=1S/C24H46N4O8/c1-25(17-19-27(11-7-21(29)33-3)12-8-22(30)34-4)15-16-26(2)18-20-28(13-9-23(31)35-5)14-10-24(32)36-6/h7-20H2,1-6H3. The SMILES string of the molecule is COC(=O)CCN(CCC(=O)OC)CCN(C)CCN(C)CCN(CCC(=O)OC)CCC(=O)OC. The average molecular weight is 519 g/mol. The number of hydrogen-bond acceptors (Lipinski definition) is 12. The number of nitrogens with zero attached hydrogens (tertiary/aromatic N) is 4. The van der Waals surface area contributed by atoms with E-state index in [9.17, 15) is 19.2 Å². The molecule has 0 aromatic carbocycles. The molecule has 0 atom stereocenters. The summed E-state index contributed by atoms with van der Waals surface area (Å²) in [5, 5.41) is 0. The molecule has 0 amide bonds. The molecular formula is C24H46N4O8. The van der Waals surface area contributed by atoms with E-state index < -0.39 is 0 Å². The van der Waals surface area contributed by atoms with Gasteiger partial charge in [0.25, 0.3) is 0 Å². The van der Waals surface area contributed by atoms with Crippen molar-refractivity contribution in [2.45, 2.75) is 25.7 Å². The van der Waals surface area contributed by atoms with Gasteiger partial charge in [-0.1, -0.05) is 0 Å². The molecule has 0 aliphatic carbocycles. The maximum absolute atomic E-state index is 11.5. The van der Waals surface area contributed by atoms with E-state index in [-0.39, 0.29) is 49.6 Å². The molecule has 0 saturated heterocycles. The summed E-state index contributed by atoms with van der Waals surface area (Å²) >= 11 is 0. The summed E-state index contributed by atoms with van der Waals surface area (Å²) in [6.07, 6.45) is 1.08. The van der Waals surface area contributed by atoms with Crippen molar-refractivity contribution in [2.24, 2.45) is 0 Å². The van der Waals surface area contributed by atoms with E-state index in [2.05, 4.69) is 19.6 Å². The van der Waals surface area contributed by atoms with E-state index in [4.69, 9.17) is 18.9 Å². The normalized spacial score (nSPS) is 11.3. The number of carbonyl (C=O) groups excluding carboxylic acids is 4. The minimum Gasteiger partial charge on any atom is -0.469 e. The molecule has 0 aromatic rings. The van der Waals surface area contributed by atoms with Gasteiger partial charge in [-0.15, -0.1) is 0 Å². The summed E-state index contributed by atoms with van der Waals surface area (Å²) in [4.78, 5) is 54.6. The predicted octanol–water partition coefficient (Wildman–Crippen LogP) is -0.294. The zero-order valence-corrected chi connectivity index (χ0v) is 23.0. The molecule has 12 nitrogen and oxygen atoms in total. The van der Waals surface area contributed by atoms with Crippen LogP contribution in [-0.2, 0) is 38.1 Å². The monoisotopic (exact) mass is 518 g/mol. The third-order valence-electron chi connectivity index (χ3n) is 5.90. The van der Waals surface area contributed by atoms with Crippen LogP contribution in [0, 0.1) is 0 Å². The molecule has 0 bridgehead atoms. The van der Waals surface area contributed by atoms with Crippen LogP contribution in [0.5, 0.6) is 0 Å². The van der Waals surface area contributed by atoms with E-state index >= 15 is 0 Å². The van der Waals surface area contributed by atoms with Crippen molar-refractivity contribution in [2.75, 3.05) is 108 Å². The molecule has 12 heteroatoms. The number of methoxy groups -OCH3 is 4. The Morgan fingerprint density at radius 2 is 0.639 bits per heavy atom. The molecule has 0 spiro atoms. The van der Waals surface area contributed by atoms with Crippen molar-refractivity contribution in [3.8, 4) is 0 Å². The van der Waals surface area contributed by atoms with Gasteiger partial charge in [0.15, 0.2) is 0 Å². The topological polar surface area (TPSA) is 118 Å². The van der Waals surface area contributed by atoms with Crippen molar-refractivity contribution in [1.29, 1.82) is 0 Å². The third-order valence-corrected chi connectivity index (χ3v) is 5.90. The van der Waals surface area contributed by atoms with Crippen LogP contribution < -0.4 is 0 Å². The largest absolute Gasteiger partial charge is 0.469 e. The van der Waals surface area contributed by atoms with Crippen LogP contribution in [0.1, 0.15) is 25.7 Å².